The lowest BCUT2D eigenvalue weighted by atomic mass is 9.87. The second-order valence-corrected chi connectivity index (χ2v) is 7.73. The van der Waals surface area contributed by atoms with Crippen LogP contribution in [-0.2, 0) is 21.7 Å². The van der Waals surface area contributed by atoms with Crippen LogP contribution in [0.5, 0.6) is 0 Å². The smallest absolute Gasteiger partial charge is 0.149 e. The molecule has 1 aliphatic heterocycles. The van der Waals surface area contributed by atoms with Gasteiger partial charge in [-0.2, -0.15) is 0 Å². The molecule has 7 heteroatoms. The van der Waals surface area contributed by atoms with Crippen molar-refractivity contribution in [2.45, 2.75) is 26.1 Å². The van der Waals surface area contributed by atoms with Gasteiger partial charge in [-0.1, -0.05) is 29.3 Å². The van der Waals surface area contributed by atoms with Crippen LogP contribution >= 0.6 is 23.2 Å². The number of aryl methyl sites for hydroxylation is 1. The van der Waals surface area contributed by atoms with Gasteiger partial charge in [-0.3, -0.25) is 0 Å². The number of hydrogen-bond acceptors (Lipinski definition) is 3. The molecule has 2 aromatic carbocycles. The summed E-state index contributed by atoms with van der Waals surface area (Å²) in [6.07, 6.45) is 1.62. The third kappa shape index (κ3) is 4.33. The summed E-state index contributed by atoms with van der Waals surface area (Å²) in [6, 6.07) is 8.54. The minimum Gasteiger partial charge on any atom is -0.375 e. The van der Waals surface area contributed by atoms with Crippen molar-refractivity contribution in [2.24, 2.45) is 4.99 Å². The van der Waals surface area contributed by atoms with E-state index in [0.29, 0.717) is 34.5 Å². The Bertz CT molecular complexity index is 865. The fraction of sp³-hybridized carbons (Fsp3) is 0.381. The van der Waals surface area contributed by atoms with Gasteiger partial charge in [0.05, 0.1) is 26.2 Å². The molecule has 0 N–H and O–H groups in total. The van der Waals surface area contributed by atoms with Gasteiger partial charge in [-0.15, -0.1) is 0 Å². The number of nitrogens with zero attached hydrogens (tertiary/aromatic N) is 2. The van der Waals surface area contributed by atoms with Crippen LogP contribution in [0.3, 0.4) is 0 Å². The maximum Gasteiger partial charge on any atom is 0.149 e. The first-order valence-corrected chi connectivity index (χ1v) is 9.81. The Labute approximate surface area is 174 Å². The molecule has 0 unspecified atom stereocenters. The van der Waals surface area contributed by atoms with Gasteiger partial charge < -0.3 is 14.4 Å². The average molecular weight is 425 g/mol. The predicted molar refractivity (Wildman–Crippen MR) is 111 cm³/mol. The first-order chi connectivity index (χ1) is 13.4. The van der Waals surface area contributed by atoms with Gasteiger partial charge in [-0.25, -0.2) is 9.38 Å². The molecular formula is C21H23Cl2FN2O2. The average Bonchev–Trinajstić information content (AvgIpc) is 2.63. The topological polar surface area (TPSA) is 34.1 Å². The molecule has 0 amide bonds. The lowest BCUT2D eigenvalue weighted by Crippen LogP contribution is -2.49. The van der Waals surface area contributed by atoms with Gasteiger partial charge in [0.15, 0.2) is 0 Å². The normalized spacial score (nSPS) is 15.6. The monoisotopic (exact) mass is 424 g/mol. The maximum atomic E-state index is 14.7. The van der Waals surface area contributed by atoms with E-state index in [1.165, 1.54) is 6.07 Å². The zero-order valence-corrected chi connectivity index (χ0v) is 17.6. The second-order valence-electron chi connectivity index (χ2n) is 6.91. The van der Waals surface area contributed by atoms with E-state index < -0.39 is 11.4 Å². The molecule has 0 aliphatic carbocycles. The Kier molecular flexibility index (Phi) is 6.61. The lowest BCUT2D eigenvalue weighted by molar-refractivity contribution is -0.223. The van der Waals surface area contributed by atoms with E-state index in [4.69, 9.17) is 32.7 Å². The highest BCUT2D eigenvalue weighted by atomic mass is 35.5. The summed E-state index contributed by atoms with van der Waals surface area (Å²) in [5, 5.41) is 1.08. The van der Waals surface area contributed by atoms with Crippen molar-refractivity contribution in [2.75, 3.05) is 26.8 Å². The van der Waals surface area contributed by atoms with Gasteiger partial charge >= 0.3 is 0 Å². The van der Waals surface area contributed by atoms with Crippen molar-refractivity contribution in [3.63, 3.8) is 0 Å². The van der Waals surface area contributed by atoms with E-state index in [9.17, 15) is 4.39 Å². The van der Waals surface area contributed by atoms with Crippen molar-refractivity contribution in [1.29, 1.82) is 0 Å². The number of rotatable bonds is 7. The molecule has 1 fully saturated rings. The quantitative estimate of drug-likeness (QED) is 0.434. The Morgan fingerprint density at radius 2 is 1.96 bits per heavy atom. The molecule has 28 heavy (non-hydrogen) atoms. The molecule has 1 heterocycles. The van der Waals surface area contributed by atoms with Crippen molar-refractivity contribution in [3.8, 4) is 0 Å². The highest BCUT2D eigenvalue weighted by Gasteiger charge is 2.43. The molecule has 0 atom stereocenters. The number of halogens is 3. The minimum absolute atomic E-state index is 0.212. The Hall–Kier alpha value is -1.66. The molecule has 0 radical (unpaired) electrons. The Morgan fingerprint density at radius 3 is 2.54 bits per heavy atom. The van der Waals surface area contributed by atoms with E-state index in [-0.39, 0.29) is 6.61 Å². The summed E-state index contributed by atoms with van der Waals surface area (Å²) in [4.78, 5) is 6.12. The SMILES string of the molecule is CCN(C)C=Nc1cc(C)c(C2(OCc3c(Cl)cccc3Cl)COC2)cc1F. The van der Waals surface area contributed by atoms with Crippen LogP contribution < -0.4 is 0 Å². The Balaban J connectivity index is 1.86. The molecule has 2 aromatic rings. The van der Waals surface area contributed by atoms with Crippen LogP contribution in [0.15, 0.2) is 35.3 Å². The van der Waals surface area contributed by atoms with Crippen LogP contribution in [0.25, 0.3) is 0 Å². The third-order valence-electron chi connectivity index (χ3n) is 4.90. The standard InChI is InChI=1S/C21H23Cl2FN2O2/c1-4-26(3)13-25-20-8-14(2)16(9-19(20)24)21(11-27-12-21)28-10-15-17(22)6-5-7-18(15)23/h5-9,13H,4,10-12H2,1-3H3. The van der Waals surface area contributed by atoms with E-state index in [1.807, 2.05) is 25.8 Å². The Morgan fingerprint density at radius 1 is 1.29 bits per heavy atom. The third-order valence-corrected chi connectivity index (χ3v) is 5.61. The molecule has 1 aliphatic rings. The highest BCUT2D eigenvalue weighted by Crippen LogP contribution is 2.39. The first kappa shape index (κ1) is 21.1. The molecule has 150 valence electrons. The second kappa shape index (κ2) is 8.78. The summed E-state index contributed by atoms with van der Waals surface area (Å²) < 4.78 is 26.3. The van der Waals surface area contributed by atoms with E-state index in [1.54, 1.807) is 30.6 Å². The minimum atomic E-state index is -0.726. The summed E-state index contributed by atoms with van der Waals surface area (Å²) >= 11 is 12.5. The molecular weight excluding hydrogens is 402 g/mol. The van der Waals surface area contributed by atoms with Crippen LogP contribution in [0.4, 0.5) is 10.1 Å². The van der Waals surface area contributed by atoms with Gasteiger partial charge in [-0.05, 0) is 49.2 Å². The summed E-state index contributed by atoms with van der Waals surface area (Å²) in [5.74, 6) is -0.396. The zero-order valence-electron chi connectivity index (χ0n) is 16.1. The number of hydrogen-bond donors (Lipinski definition) is 0. The van der Waals surface area contributed by atoms with Crippen LogP contribution in [0.1, 0.15) is 23.6 Å². The summed E-state index contributed by atoms with van der Waals surface area (Å²) in [6.45, 7) is 5.61. The van der Waals surface area contributed by atoms with Crippen LogP contribution in [-0.4, -0.2) is 38.0 Å². The van der Waals surface area contributed by atoms with Gasteiger partial charge in [0.25, 0.3) is 0 Å². The molecule has 4 nitrogen and oxygen atoms in total. The van der Waals surface area contributed by atoms with Crippen LogP contribution in [0.2, 0.25) is 10.0 Å². The van der Waals surface area contributed by atoms with Crippen molar-refractivity contribution in [1.82, 2.24) is 4.90 Å². The molecule has 0 spiro atoms. The largest absolute Gasteiger partial charge is 0.375 e. The molecule has 0 bridgehead atoms. The van der Waals surface area contributed by atoms with Crippen LogP contribution in [0, 0.1) is 12.7 Å². The van der Waals surface area contributed by atoms with E-state index in [2.05, 4.69) is 4.99 Å². The molecule has 0 saturated carbocycles. The van der Waals surface area contributed by atoms with Gasteiger partial charge in [0.2, 0.25) is 0 Å². The number of aliphatic imine (C=N–C) groups is 1. The summed E-state index contributed by atoms with van der Waals surface area (Å²) in [5.41, 5.74) is 1.92. The number of ether oxygens (including phenoxy) is 2. The molecule has 0 aromatic heterocycles. The summed E-state index contributed by atoms with van der Waals surface area (Å²) in [7, 11) is 1.89. The number of benzene rings is 2. The van der Waals surface area contributed by atoms with E-state index >= 15 is 0 Å². The fourth-order valence-corrected chi connectivity index (χ4v) is 3.49. The van der Waals surface area contributed by atoms with Crippen molar-refractivity contribution >= 4 is 35.2 Å². The maximum absolute atomic E-state index is 14.7. The first-order valence-electron chi connectivity index (χ1n) is 9.06. The van der Waals surface area contributed by atoms with Gasteiger partial charge in [0.1, 0.15) is 17.1 Å². The highest BCUT2D eigenvalue weighted by molar-refractivity contribution is 6.35. The van der Waals surface area contributed by atoms with E-state index in [0.717, 1.165) is 17.7 Å². The predicted octanol–water partition coefficient (Wildman–Crippen LogP) is 5.49. The van der Waals surface area contributed by atoms with Crippen molar-refractivity contribution in [3.05, 3.63) is 62.9 Å². The molecule has 1 saturated heterocycles. The lowest BCUT2D eigenvalue weighted by Gasteiger charge is -2.42. The zero-order chi connectivity index (χ0) is 20.3. The molecule has 3 rings (SSSR count). The fourth-order valence-electron chi connectivity index (χ4n) is 2.98. The van der Waals surface area contributed by atoms with Crippen molar-refractivity contribution < 1.29 is 13.9 Å². The van der Waals surface area contributed by atoms with Gasteiger partial charge in [0, 0.05) is 29.2 Å².